The molecule has 0 amide bonds. The van der Waals surface area contributed by atoms with Crippen LogP contribution in [0.3, 0.4) is 0 Å². The van der Waals surface area contributed by atoms with Gasteiger partial charge in [0.2, 0.25) is 5.72 Å². The average Bonchev–Trinajstić information content (AvgIpc) is 3.08. The molecule has 4 aliphatic heterocycles. The van der Waals surface area contributed by atoms with Crippen LogP contribution >= 0.6 is 0 Å². The molecule has 5 atom stereocenters. The molecular weight excluding hydrogens is 665 g/mol. The molecule has 258 valence electrons. The van der Waals surface area contributed by atoms with Crippen molar-refractivity contribution in [3.05, 3.63) is 143 Å². The zero-order chi connectivity index (χ0) is 35.0. The molecule has 0 aromatic heterocycles. The maximum atomic E-state index is 12.7. The molecule has 4 bridgehead atoms. The van der Waals surface area contributed by atoms with Crippen LogP contribution in [0.5, 0.6) is 11.5 Å². The van der Waals surface area contributed by atoms with Gasteiger partial charge in [0.1, 0.15) is 11.5 Å². The van der Waals surface area contributed by atoms with Crippen molar-refractivity contribution in [3.8, 4) is 11.5 Å². The number of phenols is 1. The summed E-state index contributed by atoms with van der Waals surface area (Å²) in [6, 6.07) is 30.2. The number of rotatable bonds is 10. The summed E-state index contributed by atoms with van der Waals surface area (Å²) in [6.45, 7) is -0.147. The summed E-state index contributed by atoms with van der Waals surface area (Å²) in [5.74, 6) is -0.748. The van der Waals surface area contributed by atoms with Gasteiger partial charge in [0.25, 0.3) is 0 Å². The van der Waals surface area contributed by atoms with E-state index >= 15 is 0 Å². The van der Waals surface area contributed by atoms with Gasteiger partial charge in [0.15, 0.2) is 5.96 Å². The molecule has 50 heavy (non-hydrogen) atoms. The number of aliphatic hydroxyl groups is 2. The first-order chi connectivity index (χ1) is 23.4. The van der Waals surface area contributed by atoms with Crippen molar-refractivity contribution in [2.24, 2.45) is 28.3 Å². The number of hydrogen-bond acceptors (Lipinski definition) is 8. The van der Waals surface area contributed by atoms with Crippen LogP contribution in [-0.2, 0) is 35.1 Å². The minimum absolute atomic E-state index is 0. The Hall–Kier alpha value is -3.68. The summed E-state index contributed by atoms with van der Waals surface area (Å²) in [5.41, 5.74) is 14.3. The SMILES string of the molecule is NC(N)=N[C@]1(C[C@H](CO)Cc2ccccc2)Oc2ccc(cc2)CC[C@@H](S(=O)(=O)[O-])[C@H](/C=C/[C@@H](O)c2ccc(O)cc2)Cc2ccc1cc2.[Na+]. The van der Waals surface area contributed by atoms with E-state index in [-0.39, 0.29) is 73.1 Å². The van der Waals surface area contributed by atoms with Crippen LogP contribution in [0.2, 0.25) is 0 Å². The number of aliphatic imine (C=N–C) groups is 1. The number of ether oxygens (including phenoxy) is 1. The van der Waals surface area contributed by atoms with Gasteiger partial charge in [-0.05, 0) is 84.0 Å². The van der Waals surface area contributed by atoms with Crippen molar-refractivity contribution >= 4 is 16.1 Å². The topological polar surface area (TPSA) is 192 Å². The van der Waals surface area contributed by atoms with Crippen molar-refractivity contribution < 1.29 is 62.6 Å². The van der Waals surface area contributed by atoms with E-state index in [1.807, 2.05) is 42.5 Å². The maximum Gasteiger partial charge on any atom is 1.00 e. The molecule has 0 unspecified atom stereocenters. The zero-order valence-electron chi connectivity index (χ0n) is 28.0. The molecule has 0 spiro atoms. The Bertz CT molecular complexity index is 1830. The van der Waals surface area contributed by atoms with Gasteiger partial charge in [-0.25, -0.2) is 13.4 Å². The number of aliphatic hydroxyl groups excluding tert-OH is 2. The van der Waals surface area contributed by atoms with Crippen molar-refractivity contribution in [1.29, 1.82) is 0 Å². The molecule has 0 saturated heterocycles. The summed E-state index contributed by atoms with van der Waals surface area (Å²) < 4.78 is 44.9. The van der Waals surface area contributed by atoms with E-state index in [1.54, 1.807) is 54.6 Å². The van der Waals surface area contributed by atoms with Gasteiger partial charge in [-0.2, -0.15) is 0 Å². The first kappa shape index (κ1) is 39.1. The zero-order valence-corrected chi connectivity index (χ0v) is 30.8. The second kappa shape index (κ2) is 17.5. The third-order valence-corrected chi connectivity index (χ3v) is 10.3. The minimum Gasteiger partial charge on any atom is -0.748 e. The molecule has 4 aromatic rings. The Morgan fingerprint density at radius 1 is 0.960 bits per heavy atom. The molecule has 0 aliphatic carbocycles. The van der Waals surface area contributed by atoms with Gasteiger partial charge < -0.3 is 36.1 Å². The standard InChI is InChI=1S/C38H43N3O7S.Na/c39-37(40)41-38(24-29(25-42)22-27-4-2-1-3-5-27)32-14-6-28(7-15-32)23-31(13-20-35(44)30-11-16-33(43)17-12-30)36(49(45,46)47)21-10-26-8-18-34(48-38)19-9-26;/h1-9,11-20,29,31,35-36,42-44H,10,21-25H2,(H4,39,40,41)(H,45,46,47);/q;+1/p-1/b20-13+;/t29-,31-,35-,36-,38-;/m1./s1. The Kier molecular flexibility index (Phi) is 13.7. The van der Waals surface area contributed by atoms with E-state index in [9.17, 15) is 28.3 Å². The maximum absolute atomic E-state index is 12.7. The van der Waals surface area contributed by atoms with Gasteiger partial charge in [-0.3, -0.25) is 0 Å². The summed E-state index contributed by atoms with van der Waals surface area (Å²) in [7, 11) is -4.76. The van der Waals surface area contributed by atoms with E-state index < -0.39 is 33.1 Å². The first-order valence-electron chi connectivity index (χ1n) is 16.2. The van der Waals surface area contributed by atoms with Crippen LogP contribution in [0.4, 0.5) is 0 Å². The number of guanidine groups is 1. The van der Waals surface area contributed by atoms with E-state index in [0.717, 1.165) is 16.7 Å². The normalized spacial score (nSPS) is 20.5. The smallest absolute Gasteiger partial charge is 0.748 e. The Balaban J connectivity index is 0.00000562. The van der Waals surface area contributed by atoms with Crippen LogP contribution in [-0.4, -0.2) is 46.1 Å². The van der Waals surface area contributed by atoms with Crippen molar-refractivity contribution in [2.45, 2.75) is 49.2 Å². The molecule has 4 heterocycles. The number of phenolic OH excluding ortho intramolecular Hbond substituents is 1. The molecule has 0 radical (unpaired) electrons. The summed E-state index contributed by atoms with van der Waals surface area (Å²) in [5, 5.41) is 29.7. The van der Waals surface area contributed by atoms with E-state index in [0.29, 0.717) is 29.7 Å². The van der Waals surface area contributed by atoms with Crippen LogP contribution < -0.4 is 45.8 Å². The van der Waals surface area contributed by atoms with Crippen LogP contribution in [0, 0.1) is 11.8 Å². The van der Waals surface area contributed by atoms with Gasteiger partial charge in [0, 0.05) is 18.6 Å². The monoisotopic (exact) mass is 707 g/mol. The fraction of sp³-hybridized carbons (Fsp3) is 0.289. The third-order valence-electron chi connectivity index (χ3n) is 8.93. The third kappa shape index (κ3) is 10.4. The number of hydrogen-bond donors (Lipinski definition) is 5. The van der Waals surface area contributed by atoms with Gasteiger partial charge in [0.05, 0.1) is 21.5 Å². The summed E-state index contributed by atoms with van der Waals surface area (Å²) in [4.78, 5) is 4.64. The van der Waals surface area contributed by atoms with Crippen LogP contribution in [0.25, 0.3) is 0 Å². The number of aromatic hydroxyl groups is 1. The number of benzene rings is 4. The predicted molar refractivity (Wildman–Crippen MR) is 188 cm³/mol. The van der Waals surface area contributed by atoms with Gasteiger partial charge >= 0.3 is 29.6 Å². The Morgan fingerprint density at radius 2 is 1.60 bits per heavy atom. The van der Waals surface area contributed by atoms with E-state index in [2.05, 4.69) is 4.99 Å². The molecular formula is C38H42N3NaO7S. The fourth-order valence-corrected chi connectivity index (χ4v) is 7.45. The Labute approximate surface area is 315 Å². The quantitative estimate of drug-likeness (QED) is 0.0534. The average molecular weight is 708 g/mol. The number of nitrogens with two attached hydrogens (primary N) is 2. The molecule has 12 heteroatoms. The first-order valence-corrected chi connectivity index (χ1v) is 17.6. The molecule has 4 aromatic carbocycles. The van der Waals surface area contributed by atoms with Crippen LogP contribution in [0.1, 0.15) is 46.8 Å². The fourth-order valence-electron chi connectivity index (χ4n) is 6.43. The Morgan fingerprint density at radius 3 is 2.20 bits per heavy atom. The second-order valence-corrected chi connectivity index (χ2v) is 14.2. The van der Waals surface area contributed by atoms with Crippen LogP contribution in [0.15, 0.2) is 120 Å². The number of aryl methyl sites for hydroxylation is 1. The molecule has 0 fully saturated rings. The van der Waals surface area contributed by atoms with Crippen molar-refractivity contribution in [1.82, 2.24) is 0 Å². The van der Waals surface area contributed by atoms with Gasteiger partial charge in [-0.1, -0.05) is 91.0 Å². The second-order valence-electron chi connectivity index (χ2n) is 12.6. The number of allylic oxidation sites excluding steroid dienone is 1. The molecule has 8 rings (SSSR count). The summed E-state index contributed by atoms with van der Waals surface area (Å²) >= 11 is 0. The summed E-state index contributed by atoms with van der Waals surface area (Å²) in [6.07, 6.45) is 3.31. The number of nitrogens with zero attached hydrogens (tertiary/aromatic N) is 1. The van der Waals surface area contributed by atoms with Crippen molar-refractivity contribution in [2.75, 3.05) is 6.61 Å². The molecule has 0 saturated carbocycles. The largest absolute Gasteiger partial charge is 1.00 e. The van der Waals surface area contributed by atoms with Crippen molar-refractivity contribution in [3.63, 3.8) is 0 Å². The van der Waals surface area contributed by atoms with Gasteiger partial charge in [-0.15, -0.1) is 0 Å². The van der Waals surface area contributed by atoms with E-state index in [4.69, 9.17) is 16.2 Å². The predicted octanol–water partition coefficient (Wildman–Crippen LogP) is 1.45. The molecule has 4 aliphatic rings. The van der Waals surface area contributed by atoms with E-state index in [1.165, 1.54) is 18.2 Å². The minimum atomic E-state index is -4.76. The molecule has 10 nitrogen and oxygen atoms in total. The molecule has 7 N–H and O–H groups in total.